The van der Waals surface area contributed by atoms with E-state index in [-0.39, 0.29) is 0 Å². The maximum Gasteiger partial charge on any atom is 0.0364 e. The zero-order valence-electron chi connectivity index (χ0n) is 9.06. The fourth-order valence-corrected chi connectivity index (χ4v) is 2.77. The van der Waals surface area contributed by atoms with Gasteiger partial charge in [-0.15, -0.1) is 11.6 Å². The summed E-state index contributed by atoms with van der Waals surface area (Å²) in [6, 6.07) is 0. The van der Waals surface area contributed by atoms with Crippen molar-refractivity contribution < 1.29 is 0 Å². The minimum atomic E-state index is 0.469. The van der Waals surface area contributed by atoms with E-state index >= 15 is 0 Å². The summed E-state index contributed by atoms with van der Waals surface area (Å²) in [5.74, 6) is 1.70. The zero-order valence-corrected chi connectivity index (χ0v) is 9.82. The van der Waals surface area contributed by atoms with Gasteiger partial charge < -0.3 is 0 Å². The van der Waals surface area contributed by atoms with E-state index in [0.717, 1.165) is 11.8 Å². The Labute approximate surface area is 88.1 Å². The lowest BCUT2D eigenvalue weighted by molar-refractivity contribution is 0.377. The van der Waals surface area contributed by atoms with Crippen LogP contribution in [0.1, 0.15) is 58.8 Å². The maximum atomic E-state index is 6.20. The molecule has 78 valence electrons. The first-order chi connectivity index (χ1) is 6.25. The van der Waals surface area contributed by atoms with Gasteiger partial charge in [-0.2, -0.15) is 0 Å². The molecule has 1 fully saturated rings. The zero-order chi connectivity index (χ0) is 9.68. The van der Waals surface area contributed by atoms with E-state index in [1.807, 2.05) is 0 Å². The number of hydrogen-bond acceptors (Lipinski definition) is 0. The summed E-state index contributed by atoms with van der Waals surface area (Å²) in [7, 11) is 0. The van der Waals surface area contributed by atoms with Crippen LogP contribution in [0.3, 0.4) is 0 Å². The van der Waals surface area contributed by atoms with Crippen LogP contribution in [-0.2, 0) is 0 Å². The molecule has 0 radical (unpaired) electrons. The lowest BCUT2D eigenvalue weighted by Gasteiger charge is -2.16. The second-order valence-electron chi connectivity index (χ2n) is 4.56. The second kappa shape index (κ2) is 5.90. The van der Waals surface area contributed by atoms with E-state index in [1.54, 1.807) is 0 Å². The summed E-state index contributed by atoms with van der Waals surface area (Å²) in [5, 5.41) is 0.469. The Bertz CT molecular complexity index is 133. The van der Waals surface area contributed by atoms with Gasteiger partial charge >= 0.3 is 0 Å². The number of rotatable bonds is 5. The van der Waals surface area contributed by atoms with Crippen molar-refractivity contribution in [2.24, 2.45) is 11.8 Å². The molecule has 0 nitrogen and oxygen atoms in total. The van der Waals surface area contributed by atoms with Gasteiger partial charge in [0.25, 0.3) is 0 Å². The highest BCUT2D eigenvalue weighted by Gasteiger charge is 2.30. The molecule has 1 heteroatoms. The molecule has 0 N–H and O–H groups in total. The van der Waals surface area contributed by atoms with Crippen LogP contribution in [0.2, 0.25) is 0 Å². The molecule has 0 amide bonds. The van der Waals surface area contributed by atoms with Gasteiger partial charge in [0.15, 0.2) is 0 Å². The summed E-state index contributed by atoms with van der Waals surface area (Å²) in [5.41, 5.74) is 0. The van der Waals surface area contributed by atoms with Gasteiger partial charge in [-0.3, -0.25) is 0 Å². The summed E-state index contributed by atoms with van der Waals surface area (Å²) >= 11 is 6.20. The molecule has 13 heavy (non-hydrogen) atoms. The van der Waals surface area contributed by atoms with Gasteiger partial charge in [0.2, 0.25) is 0 Å². The van der Waals surface area contributed by atoms with Crippen molar-refractivity contribution >= 4 is 11.6 Å². The molecule has 0 heterocycles. The van der Waals surface area contributed by atoms with Crippen LogP contribution in [0.4, 0.5) is 0 Å². The fourth-order valence-electron chi connectivity index (χ4n) is 2.43. The van der Waals surface area contributed by atoms with E-state index in [9.17, 15) is 0 Å². The topological polar surface area (TPSA) is 0 Å². The highest BCUT2D eigenvalue weighted by molar-refractivity contribution is 6.20. The largest absolute Gasteiger partial charge is 0.123 e. The molecule has 0 saturated heterocycles. The number of unbranched alkanes of at least 4 members (excludes halogenated alkanes) is 3. The Kier molecular flexibility index (Phi) is 5.16. The van der Waals surface area contributed by atoms with Gasteiger partial charge in [-0.05, 0) is 24.7 Å². The van der Waals surface area contributed by atoms with Crippen molar-refractivity contribution in [2.75, 3.05) is 0 Å². The molecular weight excluding hydrogens is 180 g/mol. The third-order valence-corrected chi connectivity index (χ3v) is 4.17. The van der Waals surface area contributed by atoms with Gasteiger partial charge in [0, 0.05) is 5.38 Å². The maximum absolute atomic E-state index is 6.20. The first-order valence-corrected chi connectivity index (χ1v) is 6.33. The molecule has 1 aliphatic carbocycles. The van der Waals surface area contributed by atoms with Crippen LogP contribution in [-0.4, -0.2) is 5.38 Å². The molecule has 3 atom stereocenters. The van der Waals surface area contributed by atoms with Gasteiger partial charge in [-0.25, -0.2) is 0 Å². The molecule has 0 aliphatic heterocycles. The molecule has 1 aliphatic rings. The van der Waals surface area contributed by atoms with Crippen molar-refractivity contribution in [1.82, 2.24) is 0 Å². The molecule has 0 aromatic carbocycles. The molecule has 3 unspecified atom stereocenters. The van der Waals surface area contributed by atoms with Crippen molar-refractivity contribution in [1.29, 1.82) is 0 Å². The molecule has 1 rings (SSSR count). The minimum absolute atomic E-state index is 0.469. The quantitative estimate of drug-likeness (QED) is 0.451. The smallest absolute Gasteiger partial charge is 0.0364 e. The van der Waals surface area contributed by atoms with Gasteiger partial charge in [-0.1, -0.05) is 46.0 Å². The SMILES string of the molecule is CCCCCCC1CCC(Cl)C1C. The summed E-state index contributed by atoms with van der Waals surface area (Å²) < 4.78 is 0. The van der Waals surface area contributed by atoms with Crippen LogP contribution in [0.5, 0.6) is 0 Å². The predicted molar refractivity (Wildman–Crippen MR) is 60.3 cm³/mol. The minimum Gasteiger partial charge on any atom is -0.123 e. The van der Waals surface area contributed by atoms with Crippen molar-refractivity contribution in [2.45, 2.75) is 64.2 Å². The van der Waals surface area contributed by atoms with E-state index in [1.165, 1.54) is 44.9 Å². The Morgan fingerprint density at radius 3 is 2.46 bits per heavy atom. The second-order valence-corrected chi connectivity index (χ2v) is 5.12. The Balaban J connectivity index is 2.08. The number of halogens is 1. The average Bonchev–Trinajstić information content (AvgIpc) is 2.43. The lowest BCUT2D eigenvalue weighted by Crippen LogP contribution is -2.10. The van der Waals surface area contributed by atoms with Crippen LogP contribution in [0.15, 0.2) is 0 Å². The third kappa shape index (κ3) is 3.50. The van der Waals surface area contributed by atoms with E-state index < -0.39 is 0 Å². The molecule has 1 saturated carbocycles. The van der Waals surface area contributed by atoms with Crippen LogP contribution < -0.4 is 0 Å². The highest BCUT2D eigenvalue weighted by atomic mass is 35.5. The van der Waals surface area contributed by atoms with Gasteiger partial charge in [0.1, 0.15) is 0 Å². The molecular formula is C12H23Cl. The van der Waals surface area contributed by atoms with Crippen molar-refractivity contribution in [3.8, 4) is 0 Å². The Morgan fingerprint density at radius 2 is 1.92 bits per heavy atom. The van der Waals surface area contributed by atoms with Crippen molar-refractivity contribution in [3.63, 3.8) is 0 Å². The standard InChI is InChI=1S/C12H23Cl/c1-3-4-5-6-7-11-8-9-12(13)10(11)2/h10-12H,3-9H2,1-2H3. The van der Waals surface area contributed by atoms with Crippen LogP contribution >= 0.6 is 11.6 Å². The van der Waals surface area contributed by atoms with E-state index in [4.69, 9.17) is 11.6 Å². The molecule has 0 aromatic heterocycles. The number of alkyl halides is 1. The van der Waals surface area contributed by atoms with Crippen LogP contribution in [0, 0.1) is 11.8 Å². The summed E-state index contributed by atoms with van der Waals surface area (Å²) in [4.78, 5) is 0. The molecule has 0 bridgehead atoms. The van der Waals surface area contributed by atoms with Crippen LogP contribution in [0.25, 0.3) is 0 Å². The first-order valence-electron chi connectivity index (χ1n) is 5.89. The average molecular weight is 203 g/mol. The normalized spacial score (nSPS) is 33.9. The summed E-state index contributed by atoms with van der Waals surface area (Å²) in [6.45, 7) is 4.60. The van der Waals surface area contributed by atoms with Crippen molar-refractivity contribution in [3.05, 3.63) is 0 Å². The highest BCUT2D eigenvalue weighted by Crippen LogP contribution is 2.38. The van der Waals surface area contributed by atoms with Gasteiger partial charge in [0.05, 0.1) is 0 Å². The molecule has 0 aromatic rings. The lowest BCUT2D eigenvalue weighted by atomic mass is 9.92. The fraction of sp³-hybridized carbons (Fsp3) is 1.00. The monoisotopic (exact) mass is 202 g/mol. The number of hydrogen-bond donors (Lipinski definition) is 0. The molecule has 0 spiro atoms. The van der Waals surface area contributed by atoms with E-state index in [2.05, 4.69) is 13.8 Å². The first kappa shape index (κ1) is 11.4. The Morgan fingerprint density at radius 1 is 1.15 bits per heavy atom. The predicted octanol–water partition coefficient (Wildman–Crippen LogP) is 4.61. The Hall–Kier alpha value is 0.290. The summed E-state index contributed by atoms with van der Waals surface area (Å²) in [6.07, 6.45) is 9.65. The third-order valence-electron chi connectivity index (χ3n) is 3.56. The van der Waals surface area contributed by atoms with E-state index in [0.29, 0.717) is 5.38 Å².